The number of fused-ring (bicyclic) bond motifs is 3. The number of nitrogens with zero attached hydrogens (tertiary/aromatic N) is 1. The molecule has 0 aliphatic heterocycles. The molecule has 0 bridgehead atoms. The Balaban J connectivity index is 0.000000328. The van der Waals surface area contributed by atoms with Gasteiger partial charge in [0.15, 0.2) is 0 Å². The fourth-order valence-electron chi connectivity index (χ4n) is 5.68. The molecule has 5 rings (SSSR count). The van der Waals surface area contributed by atoms with E-state index < -0.39 is 0 Å². The van der Waals surface area contributed by atoms with Gasteiger partial charge in [0.2, 0.25) is 0 Å². The summed E-state index contributed by atoms with van der Waals surface area (Å²) in [6.07, 6.45) is 14.8. The van der Waals surface area contributed by atoms with E-state index >= 15 is 0 Å². The van der Waals surface area contributed by atoms with Crippen LogP contribution < -0.4 is 0 Å². The van der Waals surface area contributed by atoms with Crippen LogP contribution in [0.5, 0.6) is 0 Å². The minimum absolute atomic E-state index is 0. The van der Waals surface area contributed by atoms with Crippen molar-refractivity contribution in [3.05, 3.63) is 87.2 Å². The van der Waals surface area contributed by atoms with E-state index in [-0.39, 0.29) is 21.7 Å². The molecule has 0 atom stereocenters. The van der Waals surface area contributed by atoms with Crippen LogP contribution in [0.15, 0.2) is 48.5 Å². The molecule has 2 aliphatic carbocycles. The number of rotatable bonds is 2. The Kier molecular flexibility index (Phi) is 14.9. The van der Waals surface area contributed by atoms with E-state index in [1.807, 2.05) is 0 Å². The van der Waals surface area contributed by atoms with Gasteiger partial charge < -0.3 is 5.32 Å². The number of benzene rings is 2. The molecule has 0 saturated heterocycles. The minimum Gasteiger partial charge on any atom is -0.681 e. The summed E-state index contributed by atoms with van der Waals surface area (Å²) >= 11 is 0. The van der Waals surface area contributed by atoms with Crippen LogP contribution in [0.3, 0.4) is 0 Å². The zero-order valence-corrected chi connectivity index (χ0v) is 27.7. The second-order valence-corrected chi connectivity index (χ2v) is 12.3. The molecule has 0 unspecified atom stereocenters. The third kappa shape index (κ3) is 9.32. The normalized spacial score (nSPS) is 15.3. The van der Waals surface area contributed by atoms with E-state index in [0.717, 1.165) is 15.9 Å². The van der Waals surface area contributed by atoms with Crippen LogP contribution in [0.1, 0.15) is 97.6 Å². The van der Waals surface area contributed by atoms with Crippen molar-refractivity contribution < 1.29 is 21.7 Å². The van der Waals surface area contributed by atoms with Crippen molar-refractivity contribution in [1.82, 2.24) is 0 Å². The second kappa shape index (κ2) is 17.3. The van der Waals surface area contributed by atoms with Gasteiger partial charge in [-0.05, 0) is 23.1 Å². The Morgan fingerprint density at radius 1 is 0.763 bits per heavy atom. The molecule has 203 valence electrons. The predicted molar refractivity (Wildman–Crippen MR) is 168 cm³/mol. The molecular weight excluding hydrogens is 510 g/mol. The van der Waals surface area contributed by atoms with E-state index in [1.54, 1.807) is 0 Å². The molecule has 0 heterocycles. The number of aryl methyl sites for hydroxylation is 2. The van der Waals surface area contributed by atoms with Crippen LogP contribution in [0, 0.1) is 27.7 Å². The van der Waals surface area contributed by atoms with Crippen LogP contribution in [0.2, 0.25) is 13.1 Å². The monoisotopic (exact) mass is 560 g/mol. The number of hydrogen-bond donors (Lipinski definition) is 0. The van der Waals surface area contributed by atoms with Crippen molar-refractivity contribution in [1.29, 1.82) is 0 Å². The van der Waals surface area contributed by atoms with Gasteiger partial charge in [-0.25, -0.2) is 0 Å². The quantitative estimate of drug-likeness (QED) is 0.171. The maximum absolute atomic E-state index is 5.28. The molecule has 3 heteroatoms. The van der Waals surface area contributed by atoms with Gasteiger partial charge in [-0.1, -0.05) is 153 Å². The van der Waals surface area contributed by atoms with Crippen molar-refractivity contribution in [2.75, 3.05) is 0 Å². The van der Waals surface area contributed by atoms with Crippen molar-refractivity contribution in [2.24, 2.45) is 0 Å². The van der Waals surface area contributed by atoms with Crippen LogP contribution in [0.25, 0.3) is 16.4 Å². The molecule has 0 aromatic heterocycles. The summed E-state index contributed by atoms with van der Waals surface area (Å²) in [6, 6.07) is 18.3. The van der Waals surface area contributed by atoms with Gasteiger partial charge >= 0.3 is 21.7 Å². The summed E-state index contributed by atoms with van der Waals surface area (Å²) in [6.45, 7) is 13.1. The summed E-state index contributed by atoms with van der Waals surface area (Å²) < 4.78 is 0. The van der Waals surface area contributed by atoms with Crippen LogP contribution in [-0.2, 0) is 28.1 Å². The first-order valence-corrected chi connectivity index (χ1v) is 17.1. The molecule has 2 aliphatic rings. The van der Waals surface area contributed by atoms with E-state index in [9.17, 15) is 0 Å². The molecule has 3 aromatic rings. The largest absolute Gasteiger partial charge is 2.00 e. The first kappa shape index (κ1) is 32.7. The summed E-state index contributed by atoms with van der Waals surface area (Å²) in [7, 11) is 0.750. The fourth-order valence-corrected chi connectivity index (χ4v) is 5.68. The minimum atomic E-state index is 0. The molecule has 3 aromatic carbocycles. The van der Waals surface area contributed by atoms with Gasteiger partial charge in [-0.15, -0.1) is 11.7 Å². The molecule has 1 nitrogen and oxygen atoms in total. The fraction of sp³-hybridized carbons (Fsp3) is 0.514. The van der Waals surface area contributed by atoms with Gasteiger partial charge in [0, 0.05) is 9.52 Å². The third-order valence-corrected chi connectivity index (χ3v) is 8.15. The Morgan fingerprint density at radius 3 is 1.84 bits per heavy atom. The van der Waals surface area contributed by atoms with E-state index in [1.165, 1.54) is 114 Å². The molecule has 0 N–H and O–H groups in total. The summed E-state index contributed by atoms with van der Waals surface area (Å²) in [4.78, 5) is 0. The Morgan fingerprint density at radius 2 is 1.32 bits per heavy atom. The van der Waals surface area contributed by atoms with Gasteiger partial charge in [0.05, 0.1) is 0 Å². The SMILES string of the molecule is C[SiH]C.Cc1c[c-](C)c(C)c1C.[Ti+2].c1ccc2c(c1)Cc1c([N-]C3CCCCCCCCCC3)cccc1-2. The standard InChI is InChI=1S/C24H30N.C9H13.C2H7Si.Ti/c1-2-4-6-8-14-20(13-7-5-3-1)25-24-17-11-16-22-21-15-10-9-12-19(21)18-23(22)24;1-6-5-7(2)9(4)8(6)3;1-3-2;/h9-12,15-17,20H,1-8,13-14,18H2;5H,1-4H3;3H,1-2H3;/q2*-1;;+2. The van der Waals surface area contributed by atoms with E-state index in [4.69, 9.17) is 5.32 Å². The predicted octanol–water partition coefficient (Wildman–Crippen LogP) is 10.7. The van der Waals surface area contributed by atoms with Crippen LogP contribution in [0.4, 0.5) is 5.69 Å². The molecule has 1 fully saturated rings. The summed E-state index contributed by atoms with van der Waals surface area (Å²) in [5, 5.41) is 5.28. The average Bonchev–Trinajstić information content (AvgIpc) is 3.36. The Hall–Kier alpha value is -1.48. The third-order valence-electron chi connectivity index (χ3n) is 8.15. The average molecular weight is 561 g/mol. The molecule has 0 amide bonds. The summed E-state index contributed by atoms with van der Waals surface area (Å²) in [5.74, 6) is 0. The second-order valence-electron chi connectivity index (χ2n) is 11.2. The topological polar surface area (TPSA) is 14.1 Å². The summed E-state index contributed by atoms with van der Waals surface area (Å²) in [5.41, 5.74) is 12.7. The van der Waals surface area contributed by atoms with E-state index in [2.05, 4.69) is 89.3 Å². The van der Waals surface area contributed by atoms with Crippen LogP contribution >= 0.6 is 0 Å². The smallest absolute Gasteiger partial charge is 0.681 e. The maximum Gasteiger partial charge on any atom is 2.00 e. The number of hydrogen-bond acceptors (Lipinski definition) is 0. The van der Waals surface area contributed by atoms with E-state index in [0.29, 0.717) is 6.04 Å². The van der Waals surface area contributed by atoms with Crippen molar-refractivity contribution in [3.63, 3.8) is 0 Å². The molecule has 0 spiro atoms. The Bertz CT molecular complexity index is 1060. The first-order chi connectivity index (χ1) is 18.0. The van der Waals surface area contributed by atoms with Gasteiger partial charge in [0.1, 0.15) is 0 Å². The van der Waals surface area contributed by atoms with Gasteiger partial charge in [0.25, 0.3) is 0 Å². The maximum atomic E-state index is 5.28. The Labute approximate surface area is 251 Å². The molecule has 38 heavy (non-hydrogen) atoms. The molecule has 1 saturated carbocycles. The zero-order chi connectivity index (χ0) is 26.6. The molecular formula is C35H50NSiTi. The first-order valence-electron chi connectivity index (χ1n) is 14.8. The van der Waals surface area contributed by atoms with Crippen molar-refractivity contribution >= 4 is 15.2 Å². The van der Waals surface area contributed by atoms with Gasteiger partial charge in [-0.2, -0.15) is 28.3 Å². The van der Waals surface area contributed by atoms with Gasteiger partial charge in [-0.3, -0.25) is 0 Å². The van der Waals surface area contributed by atoms with Crippen molar-refractivity contribution in [2.45, 2.75) is 117 Å². The van der Waals surface area contributed by atoms with Crippen molar-refractivity contribution in [3.8, 4) is 11.1 Å². The van der Waals surface area contributed by atoms with Crippen LogP contribution in [-0.4, -0.2) is 15.6 Å². The zero-order valence-electron chi connectivity index (χ0n) is 25.0. The molecule has 1 radical (unpaired) electrons.